The van der Waals surface area contributed by atoms with Gasteiger partial charge >= 0.3 is 22.1 Å². The minimum absolute atomic E-state index is 0.000000000000000222. The van der Waals surface area contributed by atoms with Crippen molar-refractivity contribution in [3.63, 3.8) is 0 Å². The fourth-order valence-corrected chi connectivity index (χ4v) is 0. The van der Waals surface area contributed by atoms with Crippen LogP contribution in [-0.2, 0) is 18.5 Å². The third kappa shape index (κ3) is 5080. The Labute approximate surface area is 169 Å². The molecular formula is C4H21N9O10P3S2+. The van der Waals surface area contributed by atoms with E-state index in [0.29, 0.717) is 0 Å². The van der Waals surface area contributed by atoms with Crippen LogP contribution in [0.1, 0.15) is 0 Å². The zero-order chi connectivity index (χ0) is 25.1. The van der Waals surface area contributed by atoms with Crippen LogP contribution in [0.5, 0.6) is 0 Å². The number of rotatable bonds is 0. The minimum atomic E-state index is -4.64. The molecule has 0 heterocycles. The second-order valence-corrected chi connectivity index (χ2v) is 6.27. The van der Waals surface area contributed by atoms with Gasteiger partial charge in [-0.05, 0) is 24.4 Å². The standard InChI is InChI=1S/CH4N2O.CH4N2S.CHNO.CHNS.H6N3OP.H3O4P.HO3P/c2*2-1(3)4;2*2-1-3;2*1-5(2,3)4;1-4(2)3/h2*(H4,2,3,4);2*2H;(H6,1,2,3,4);(H3,1,2,3,4);(H-,1,2,3)/p+1. The Hall–Kier alpha value is -1.62. The molecule has 0 saturated carbocycles. The van der Waals surface area contributed by atoms with Gasteiger partial charge in [0.25, 0.3) is 7.59 Å². The zero-order valence-electron chi connectivity index (χ0n) is 13.5. The highest BCUT2D eigenvalue weighted by Gasteiger charge is 2.00. The molecule has 28 heavy (non-hydrogen) atoms. The third-order valence-corrected chi connectivity index (χ3v) is 0. The lowest BCUT2D eigenvalue weighted by Gasteiger charge is -1.88. The zero-order valence-corrected chi connectivity index (χ0v) is 17.8. The lowest BCUT2D eigenvalue weighted by Crippen LogP contribution is -2.18. The number of primary amides is 2. The summed E-state index contributed by atoms with van der Waals surface area (Å²) in [5.41, 5.74) is 31.1. The Morgan fingerprint density at radius 2 is 0.964 bits per heavy atom. The molecule has 0 aliphatic rings. The maximum Gasteiger partial charge on any atom is 0.692 e. The van der Waals surface area contributed by atoms with Crippen molar-refractivity contribution in [3.05, 3.63) is 0 Å². The Morgan fingerprint density at radius 1 is 0.964 bits per heavy atom. The van der Waals surface area contributed by atoms with E-state index in [1.165, 1.54) is 0 Å². The first-order chi connectivity index (χ1) is 12.0. The molecule has 0 aromatic heterocycles. The smallest absolute Gasteiger partial charge is 0.377 e. The number of isothiocyanates is 1. The SMILES string of the molecule is N=C=O.N=C=S.NC(N)=O.NC(N)=S.NP(N)(N)=O.O=P(O)(O)O.O=[P+](O)O. The molecule has 2 amide bonds. The van der Waals surface area contributed by atoms with Crippen molar-refractivity contribution in [2.24, 2.45) is 39.4 Å². The van der Waals surface area contributed by atoms with Crippen LogP contribution in [-0.4, -0.2) is 46.9 Å². The maximum atomic E-state index is 9.55. The van der Waals surface area contributed by atoms with Gasteiger partial charge in [0.15, 0.2) is 5.11 Å². The second-order valence-electron chi connectivity index (χ2n) is 2.54. The van der Waals surface area contributed by atoms with E-state index in [1.54, 1.807) is 5.16 Å². The predicted octanol–water partition coefficient (Wildman–Crippen LogP) is -3.55. The Morgan fingerprint density at radius 3 is 0.964 bits per heavy atom. The molecule has 19 nitrogen and oxygen atoms in total. The fourth-order valence-electron chi connectivity index (χ4n) is 0. The molecule has 0 aromatic rings. The largest absolute Gasteiger partial charge is 0.692 e. The van der Waals surface area contributed by atoms with Gasteiger partial charge in [-0.15, -0.1) is 9.79 Å². The van der Waals surface area contributed by atoms with Gasteiger partial charge < -0.3 is 37.6 Å². The average molecular weight is 512 g/mol. The monoisotopic (exact) mass is 512 g/mol. The van der Waals surface area contributed by atoms with Crippen LogP contribution in [0.3, 0.4) is 0 Å². The summed E-state index contributed by atoms with van der Waals surface area (Å²) in [6, 6.07) is -0.833. The van der Waals surface area contributed by atoms with E-state index in [2.05, 4.69) is 63.9 Å². The first kappa shape index (κ1) is 45.2. The van der Waals surface area contributed by atoms with E-state index in [0.717, 1.165) is 6.08 Å². The van der Waals surface area contributed by atoms with E-state index in [9.17, 15) is 4.57 Å². The Balaban J connectivity index is -0.0000000371. The third-order valence-electron chi connectivity index (χ3n) is 0. The lowest BCUT2D eigenvalue weighted by molar-refractivity contribution is 0.256. The molecule has 168 valence electrons. The van der Waals surface area contributed by atoms with Crippen LogP contribution >= 0.6 is 48.1 Å². The quantitative estimate of drug-likeness (QED) is 0.0646. The van der Waals surface area contributed by atoms with Gasteiger partial charge in [-0.25, -0.2) is 25.0 Å². The summed E-state index contributed by atoms with van der Waals surface area (Å²) in [4.78, 5) is 53.2. The molecule has 0 aromatic carbocycles. The van der Waals surface area contributed by atoms with Crippen molar-refractivity contribution in [1.29, 1.82) is 10.8 Å². The van der Waals surface area contributed by atoms with Crippen LogP contribution in [0.2, 0.25) is 0 Å². The number of nitrogens with two attached hydrogens (primary N) is 7. The molecular weight excluding hydrogens is 491 g/mol. The number of amides is 2. The summed E-state index contributed by atoms with van der Waals surface area (Å²) < 4.78 is 27.1. The first-order valence-electron chi connectivity index (χ1n) is 4.79. The number of hydrogen-bond acceptors (Lipinski definition) is 9. The van der Waals surface area contributed by atoms with Gasteiger partial charge in [-0.2, -0.15) is 0 Å². The van der Waals surface area contributed by atoms with Crippen LogP contribution in [0.25, 0.3) is 0 Å². The van der Waals surface area contributed by atoms with E-state index in [1.807, 2.05) is 0 Å². The van der Waals surface area contributed by atoms with Crippen molar-refractivity contribution < 1.29 is 47.8 Å². The molecule has 0 radical (unpaired) electrons. The van der Waals surface area contributed by atoms with Crippen LogP contribution in [0.15, 0.2) is 0 Å². The summed E-state index contributed by atoms with van der Waals surface area (Å²) in [6.45, 7) is 0. The summed E-state index contributed by atoms with van der Waals surface area (Å²) in [5, 5.41) is 12.8. The van der Waals surface area contributed by atoms with Crippen molar-refractivity contribution in [2.45, 2.75) is 0 Å². The summed E-state index contributed by atoms with van der Waals surface area (Å²) in [6.07, 6.45) is 0.750. The number of carbonyl (C=O) groups is 1. The first-order valence-corrected chi connectivity index (χ1v) is 10.3. The number of phosphoric acid groups is 1. The number of urea groups is 1. The number of thiocarbonyl (C=S) groups is 2. The second kappa shape index (κ2) is 33.0. The maximum absolute atomic E-state index is 9.55. The molecule has 0 aliphatic carbocycles. The van der Waals surface area contributed by atoms with Crippen molar-refractivity contribution in [3.8, 4) is 0 Å². The molecule has 0 saturated heterocycles. The molecule has 0 unspecified atom stereocenters. The predicted molar refractivity (Wildman–Crippen MR) is 105 cm³/mol. The molecule has 0 spiro atoms. The van der Waals surface area contributed by atoms with E-state index in [-0.39, 0.29) is 5.11 Å². The van der Waals surface area contributed by atoms with Crippen LogP contribution in [0, 0.1) is 10.8 Å². The molecule has 0 fully saturated rings. The van der Waals surface area contributed by atoms with Gasteiger partial charge in [0.05, 0.1) is 5.16 Å². The lowest BCUT2D eigenvalue weighted by atomic mass is 11.2. The minimum Gasteiger partial charge on any atom is -0.377 e. The molecule has 0 rings (SSSR count). The van der Waals surface area contributed by atoms with E-state index >= 15 is 0 Å². The average Bonchev–Trinajstić information content (AvgIpc) is 2.21. The highest BCUT2D eigenvalue weighted by molar-refractivity contribution is 7.80. The number of nitrogens with one attached hydrogen (secondary N) is 2. The van der Waals surface area contributed by atoms with Gasteiger partial charge in [-0.3, -0.25) is 21.1 Å². The van der Waals surface area contributed by atoms with Crippen molar-refractivity contribution in [1.82, 2.24) is 0 Å². The molecule has 21 N–H and O–H groups in total. The number of carbonyl (C=O) groups excluding carboxylic acids is 2. The number of hydrogen-bond donors (Lipinski definition) is 14. The fraction of sp³-hybridized carbons (Fsp3) is 0. The Bertz CT molecular complexity index is 477. The van der Waals surface area contributed by atoms with Gasteiger partial charge in [-0.1, -0.05) is 0 Å². The summed E-state index contributed by atoms with van der Waals surface area (Å²) in [5.74, 6) is 0. The van der Waals surface area contributed by atoms with E-state index in [4.69, 9.17) is 54.0 Å². The normalized spacial score (nSPS) is 7.43. The van der Waals surface area contributed by atoms with Crippen LogP contribution in [0.4, 0.5) is 4.79 Å². The molecule has 0 aliphatic heterocycles. The van der Waals surface area contributed by atoms with Crippen molar-refractivity contribution in [2.75, 3.05) is 0 Å². The van der Waals surface area contributed by atoms with Crippen molar-refractivity contribution >= 4 is 70.5 Å². The molecule has 0 bridgehead atoms. The summed E-state index contributed by atoms with van der Waals surface area (Å²) >= 11 is 7.90. The summed E-state index contributed by atoms with van der Waals surface area (Å²) in [7, 11) is -10.6. The van der Waals surface area contributed by atoms with Gasteiger partial charge in [0.1, 0.15) is 0 Å². The van der Waals surface area contributed by atoms with Gasteiger partial charge in [0.2, 0.25) is 6.08 Å². The topological polar surface area (TPSA) is 416 Å². The Kier molecular flexibility index (Phi) is 53.3. The van der Waals surface area contributed by atoms with E-state index < -0.39 is 29.7 Å². The highest BCUT2D eigenvalue weighted by Crippen LogP contribution is 2.25. The van der Waals surface area contributed by atoms with Gasteiger partial charge in [0, 0.05) is 4.57 Å². The number of isocyanates is 1. The highest BCUT2D eigenvalue weighted by atomic mass is 32.1. The van der Waals surface area contributed by atoms with Crippen LogP contribution < -0.4 is 39.4 Å². The molecule has 0 atom stereocenters. The molecule has 24 heteroatoms.